The molecule has 31 heavy (non-hydrogen) atoms. The Hall–Kier alpha value is -3.63. The van der Waals surface area contributed by atoms with Gasteiger partial charge in [0.05, 0.1) is 11.4 Å². The van der Waals surface area contributed by atoms with Gasteiger partial charge in [-0.3, -0.25) is 14.2 Å². The second-order valence-electron chi connectivity index (χ2n) is 6.69. The van der Waals surface area contributed by atoms with Crippen LogP contribution in [0.2, 0.25) is 0 Å². The van der Waals surface area contributed by atoms with Gasteiger partial charge < -0.3 is 14.9 Å². The average Bonchev–Trinajstić information content (AvgIpc) is 2.96. The van der Waals surface area contributed by atoms with Crippen LogP contribution in [0.3, 0.4) is 0 Å². The number of aliphatic carboxylic acids is 1. The Morgan fingerprint density at radius 2 is 1.71 bits per heavy atom. The number of phenolic OH excluding ortho intramolecular Hbond substituents is 1. The van der Waals surface area contributed by atoms with Gasteiger partial charge in [0.25, 0.3) is 5.91 Å². The molecule has 1 aromatic heterocycles. The molecule has 0 bridgehead atoms. The highest BCUT2D eigenvalue weighted by Gasteiger charge is 2.32. The first kappa shape index (κ1) is 22.1. The van der Waals surface area contributed by atoms with E-state index in [1.54, 1.807) is 0 Å². The van der Waals surface area contributed by atoms with Gasteiger partial charge in [-0.15, -0.1) is 13.2 Å². The molecule has 6 nitrogen and oxygen atoms in total. The number of hydrogen-bond donors (Lipinski definition) is 2. The van der Waals surface area contributed by atoms with Gasteiger partial charge in [-0.1, -0.05) is 0 Å². The maximum atomic E-state index is 14.7. The molecule has 0 amide bonds. The zero-order valence-corrected chi connectivity index (χ0v) is 15.9. The molecule has 1 heterocycles. The highest BCUT2D eigenvalue weighted by molar-refractivity contribution is 6.05. The maximum Gasteiger partial charge on any atom is 0.573 e. The molecular weight excluding hydrogens is 429 g/mol. The van der Waals surface area contributed by atoms with Gasteiger partial charge in [0.1, 0.15) is 5.75 Å². The zero-order valence-electron chi connectivity index (χ0n) is 15.9. The number of benzene rings is 2. The first-order chi connectivity index (χ1) is 14.3. The Labute approximate surface area is 171 Å². The molecule has 0 aliphatic heterocycles. The van der Waals surface area contributed by atoms with Gasteiger partial charge in [0.15, 0.2) is 17.4 Å². The molecule has 164 valence electrons. The summed E-state index contributed by atoms with van der Waals surface area (Å²) in [5.74, 6) is -8.27. The van der Waals surface area contributed by atoms with Gasteiger partial charge in [0, 0.05) is 22.7 Å². The molecule has 3 aromatic rings. The van der Waals surface area contributed by atoms with E-state index >= 15 is 0 Å². The molecule has 11 heteroatoms. The van der Waals surface area contributed by atoms with E-state index in [4.69, 9.17) is 0 Å². The van der Waals surface area contributed by atoms with Crippen LogP contribution in [0.4, 0.5) is 22.0 Å². The molecule has 0 fully saturated rings. The van der Waals surface area contributed by atoms with E-state index in [0.717, 1.165) is 28.8 Å². The summed E-state index contributed by atoms with van der Waals surface area (Å²) in [5.41, 5.74) is -0.679. The number of rotatable bonds is 4. The number of carbonyl (C=O) groups excluding carboxylic acids is 1. The lowest BCUT2D eigenvalue weighted by atomic mass is 9.97. The van der Waals surface area contributed by atoms with Crippen LogP contribution in [0.1, 0.15) is 34.5 Å². The fourth-order valence-electron chi connectivity index (χ4n) is 3.35. The number of carboxylic acids is 1. The molecular formula is C20H14F5NO5. The lowest BCUT2D eigenvalue weighted by Crippen LogP contribution is -2.18. The van der Waals surface area contributed by atoms with Crippen molar-refractivity contribution in [3.63, 3.8) is 0 Å². The normalized spacial score (nSPS) is 12.7. The van der Waals surface area contributed by atoms with E-state index in [1.165, 1.54) is 13.8 Å². The second-order valence-corrected chi connectivity index (χ2v) is 6.69. The molecule has 0 radical (unpaired) electrons. The first-order valence-corrected chi connectivity index (χ1v) is 8.68. The smallest absolute Gasteiger partial charge is 0.503 e. The summed E-state index contributed by atoms with van der Waals surface area (Å²) in [7, 11) is 0. The Kier molecular flexibility index (Phi) is 5.38. The minimum absolute atomic E-state index is 0.0329. The predicted molar refractivity (Wildman–Crippen MR) is 97.2 cm³/mol. The third-order valence-electron chi connectivity index (χ3n) is 4.75. The lowest BCUT2D eigenvalue weighted by molar-refractivity contribution is -0.274. The standard InChI is InChI=1S/C20H14F5NO5/c1-8(19(29)30)14-9(2)26(13-7-12(21)17(27)16(22)15(13)14)18(28)10-3-5-11(6-4-10)31-20(23,24)25/h3-8,27H,1-2H3,(H,29,30)/t8-/m0/s1. The molecule has 3 rings (SSSR count). The number of aromatic nitrogens is 1. The summed E-state index contributed by atoms with van der Waals surface area (Å²) in [4.78, 5) is 24.5. The third kappa shape index (κ3) is 3.90. The van der Waals surface area contributed by atoms with Gasteiger partial charge >= 0.3 is 12.3 Å². The predicted octanol–water partition coefficient (Wildman–Crippen LogP) is 4.71. The van der Waals surface area contributed by atoms with Crippen molar-refractivity contribution < 1.29 is 46.5 Å². The van der Waals surface area contributed by atoms with E-state index in [0.29, 0.717) is 6.07 Å². The van der Waals surface area contributed by atoms with Gasteiger partial charge in [0.2, 0.25) is 0 Å². The summed E-state index contributed by atoms with van der Waals surface area (Å²) in [6, 6.07) is 4.48. The molecule has 2 N–H and O–H groups in total. The Morgan fingerprint density at radius 1 is 1.13 bits per heavy atom. The molecule has 0 spiro atoms. The van der Waals surface area contributed by atoms with Crippen LogP contribution >= 0.6 is 0 Å². The number of nitrogens with zero attached hydrogens (tertiary/aromatic N) is 1. The van der Waals surface area contributed by atoms with Crippen molar-refractivity contribution in [1.82, 2.24) is 4.57 Å². The van der Waals surface area contributed by atoms with Crippen LogP contribution in [-0.4, -0.2) is 33.0 Å². The molecule has 0 saturated carbocycles. The zero-order chi connectivity index (χ0) is 23.2. The SMILES string of the molecule is Cc1c([C@H](C)C(=O)O)c2c(F)c(O)c(F)cc2n1C(=O)c1ccc(OC(F)(F)F)cc1. The van der Waals surface area contributed by atoms with Crippen molar-refractivity contribution in [1.29, 1.82) is 0 Å². The number of halogens is 5. The highest BCUT2D eigenvalue weighted by Crippen LogP contribution is 2.38. The minimum Gasteiger partial charge on any atom is -0.503 e. The Morgan fingerprint density at radius 3 is 2.23 bits per heavy atom. The monoisotopic (exact) mass is 443 g/mol. The summed E-state index contributed by atoms with van der Waals surface area (Å²) in [6.45, 7) is 2.53. The Bertz CT molecular complexity index is 1200. The Balaban J connectivity index is 2.21. The van der Waals surface area contributed by atoms with Gasteiger partial charge in [-0.05, 0) is 43.7 Å². The number of fused-ring (bicyclic) bond motifs is 1. The van der Waals surface area contributed by atoms with Gasteiger partial charge in [-0.25, -0.2) is 8.78 Å². The minimum atomic E-state index is -4.93. The average molecular weight is 443 g/mol. The van der Waals surface area contributed by atoms with Crippen molar-refractivity contribution in [3.8, 4) is 11.5 Å². The van der Waals surface area contributed by atoms with Gasteiger partial charge in [-0.2, -0.15) is 0 Å². The topological polar surface area (TPSA) is 88.8 Å². The van der Waals surface area contributed by atoms with Crippen LogP contribution < -0.4 is 4.74 Å². The number of ether oxygens (including phenoxy) is 1. The van der Waals surface area contributed by atoms with Crippen molar-refractivity contribution in [3.05, 3.63) is 58.8 Å². The van der Waals surface area contributed by atoms with Crippen LogP contribution in [0.15, 0.2) is 30.3 Å². The number of aromatic hydroxyl groups is 1. The molecule has 0 aliphatic carbocycles. The quantitative estimate of drug-likeness (QED) is 0.571. The number of carbonyl (C=O) groups is 2. The van der Waals surface area contributed by atoms with E-state index in [9.17, 15) is 41.8 Å². The van der Waals surface area contributed by atoms with Crippen molar-refractivity contribution in [2.24, 2.45) is 0 Å². The summed E-state index contributed by atoms with van der Waals surface area (Å²) < 4.78 is 70.2. The fraction of sp³-hybridized carbons (Fsp3) is 0.200. The molecule has 0 unspecified atom stereocenters. The molecule has 2 aromatic carbocycles. The van der Waals surface area contributed by atoms with E-state index in [-0.39, 0.29) is 22.3 Å². The lowest BCUT2D eigenvalue weighted by Gasteiger charge is -2.11. The summed E-state index contributed by atoms with van der Waals surface area (Å²) in [6.07, 6.45) is -4.93. The number of alkyl halides is 3. The van der Waals surface area contributed by atoms with Crippen LogP contribution in [-0.2, 0) is 4.79 Å². The molecule has 0 saturated heterocycles. The highest BCUT2D eigenvalue weighted by atomic mass is 19.4. The number of carboxylic acid groups (broad SMARTS) is 1. The van der Waals surface area contributed by atoms with Crippen LogP contribution in [0.5, 0.6) is 11.5 Å². The van der Waals surface area contributed by atoms with Crippen LogP contribution in [0.25, 0.3) is 10.9 Å². The maximum absolute atomic E-state index is 14.7. The van der Waals surface area contributed by atoms with E-state index in [1.807, 2.05) is 0 Å². The molecule has 0 aliphatic rings. The summed E-state index contributed by atoms with van der Waals surface area (Å²) >= 11 is 0. The first-order valence-electron chi connectivity index (χ1n) is 8.68. The van der Waals surface area contributed by atoms with E-state index in [2.05, 4.69) is 4.74 Å². The van der Waals surface area contributed by atoms with Crippen molar-refractivity contribution in [2.45, 2.75) is 26.1 Å². The van der Waals surface area contributed by atoms with Crippen LogP contribution in [0, 0.1) is 18.6 Å². The van der Waals surface area contributed by atoms with Crippen molar-refractivity contribution in [2.75, 3.05) is 0 Å². The number of phenols is 1. The fourth-order valence-corrected chi connectivity index (χ4v) is 3.35. The largest absolute Gasteiger partial charge is 0.573 e. The summed E-state index contributed by atoms with van der Waals surface area (Å²) in [5, 5.41) is 18.5. The molecule has 1 atom stereocenters. The van der Waals surface area contributed by atoms with E-state index < -0.39 is 52.7 Å². The number of hydrogen-bond acceptors (Lipinski definition) is 4. The second kappa shape index (κ2) is 7.56. The van der Waals surface area contributed by atoms with Crippen molar-refractivity contribution >= 4 is 22.8 Å². The third-order valence-corrected chi connectivity index (χ3v) is 4.75.